The predicted molar refractivity (Wildman–Crippen MR) is 89.0 cm³/mol. The molecule has 0 aliphatic heterocycles. The van der Waals surface area contributed by atoms with Gasteiger partial charge in [-0.1, -0.05) is 0 Å². The fourth-order valence-corrected chi connectivity index (χ4v) is 3.01. The van der Waals surface area contributed by atoms with Gasteiger partial charge in [0, 0.05) is 31.0 Å². The Bertz CT molecular complexity index is 590. The quantitative estimate of drug-likeness (QED) is 0.716. The Morgan fingerprint density at radius 2 is 1.87 bits per heavy atom. The number of amides is 2. The number of halogens is 1. The van der Waals surface area contributed by atoms with Gasteiger partial charge in [-0.2, -0.15) is 0 Å². The molecule has 2 aliphatic rings. The van der Waals surface area contributed by atoms with Gasteiger partial charge in [0.2, 0.25) is 11.8 Å². The lowest BCUT2D eigenvalue weighted by atomic mass is 10.3. The van der Waals surface area contributed by atoms with E-state index in [4.69, 9.17) is 11.6 Å². The molecular formula is C17H24ClN3O2. The summed E-state index contributed by atoms with van der Waals surface area (Å²) in [4.78, 5) is 28.7. The lowest BCUT2D eigenvalue weighted by molar-refractivity contribution is -0.141. The highest BCUT2D eigenvalue weighted by atomic mass is 35.5. The summed E-state index contributed by atoms with van der Waals surface area (Å²) in [6, 6.07) is 4.54. The van der Waals surface area contributed by atoms with E-state index >= 15 is 0 Å². The standard InChI is InChI=1S/C17H24ClN3O2/c1-12(18)17(23)21(14-7-8-14)11-16(22)20(13-5-6-13)10-15-4-3-9-19(15)2/h3-4,9,12-14H,5-8,10-11H2,1-2H3. The molecule has 1 atom stereocenters. The van der Waals surface area contributed by atoms with Gasteiger partial charge in [-0.05, 0) is 44.7 Å². The summed E-state index contributed by atoms with van der Waals surface area (Å²) in [5.41, 5.74) is 1.11. The number of alkyl halides is 1. The van der Waals surface area contributed by atoms with E-state index in [1.807, 2.05) is 34.8 Å². The Kier molecular flexibility index (Phi) is 4.67. The zero-order valence-corrected chi connectivity index (χ0v) is 14.5. The molecule has 23 heavy (non-hydrogen) atoms. The van der Waals surface area contributed by atoms with Gasteiger partial charge >= 0.3 is 0 Å². The summed E-state index contributed by atoms with van der Waals surface area (Å²) in [7, 11) is 1.99. The highest BCUT2D eigenvalue weighted by molar-refractivity contribution is 6.30. The minimum Gasteiger partial charge on any atom is -0.353 e. The number of rotatable bonds is 7. The van der Waals surface area contributed by atoms with Gasteiger partial charge in [0.15, 0.2) is 0 Å². The van der Waals surface area contributed by atoms with Gasteiger partial charge < -0.3 is 14.4 Å². The van der Waals surface area contributed by atoms with Crippen LogP contribution in [0, 0.1) is 0 Å². The molecule has 126 valence electrons. The van der Waals surface area contributed by atoms with E-state index in [1.165, 1.54) is 0 Å². The first-order valence-corrected chi connectivity index (χ1v) is 8.75. The average Bonchev–Trinajstić information content (AvgIpc) is 3.41. The van der Waals surface area contributed by atoms with Gasteiger partial charge in [-0.25, -0.2) is 0 Å². The third-order valence-electron chi connectivity index (χ3n) is 4.61. The number of carbonyl (C=O) groups excluding carboxylic acids is 2. The van der Waals surface area contributed by atoms with Crippen molar-refractivity contribution in [2.75, 3.05) is 6.54 Å². The Balaban J connectivity index is 1.68. The summed E-state index contributed by atoms with van der Waals surface area (Å²) >= 11 is 5.95. The molecule has 2 saturated carbocycles. The van der Waals surface area contributed by atoms with Crippen molar-refractivity contribution in [3.63, 3.8) is 0 Å². The van der Waals surface area contributed by atoms with Crippen molar-refractivity contribution in [3.8, 4) is 0 Å². The van der Waals surface area contributed by atoms with Crippen molar-refractivity contribution in [1.29, 1.82) is 0 Å². The molecule has 1 unspecified atom stereocenters. The van der Waals surface area contributed by atoms with Crippen LogP contribution in [0.2, 0.25) is 0 Å². The van der Waals surface area contributed by atoms with Crippen LogP contribution in [0.1, 0.15) is 38.3 Å². The van der Waals surface area contributed by atoms with E-state index in [1.54, 1.807) is 11.8 Å². The molecule has 0 aromatic carbocycles. The van der Waals surface area contributed by atoms with Crippen molar-refractivity contribution < 1.29 is 9.59 Å². The van der Waals surface area contributed by atoms with Crippen LogP contribution >= 0.6 is 11.6 Å². The first-order valence-electron chi connectivity index (χ1n) is 8.31. The molecule has 0 bridgehead atoms. The largest absolute Gasteiger partial charge is 0.353 e. The zero-order valence-electron chi connectivity index (χ0n) is 13.7. The molecule has 2 aliphatic carbocycles. The molecule has 0 saturated heterocycles. The predicted octanol–water partition coefficient (Wildman–Crippen LogP) is 2.13. The van der Waals surface area contributed by atoms with Crippen LogP contribution in [0.5, 0.6) is 0 Å². The Hall–Kier alpha value is -1.49. The summed E-state index contributed by atoms with van der Waals surface area (Å²) in [6.45, 7) is 2.43. The molecule has 0 N–H and O–H groups in total. The molecule has 1 heterocycles. The highest BCUT2D eigenvalue weighted by Crippen LogP contribution is 2.31. The molecule has 1 aromatic rings. The summed E-state index contributed by atoms with van der Waals surface area (Å²) in [6.07, 6.45) is 6.05. The second-order valence-corrected chi connectivity index (χ2v) is 7.33. The molecule has 2 fully saturated rings. The Morgan fingerprint density at radius 3 is 2.35 bits per heavy atom. The number of hydrogen-bond donors (Lipinski definition) is 0. The SMILES string of the molecule is CC(Cl)C(=O)N(CC(=O)N(Cc1cccn1C)C1CC1)C1CC1. The second-order valence-electron chi connectivity index (χ2n) is 6.68. The van der Waals surface area contributed by atoms with E-state index in [0.29, 0.717) is 12.6 Å². The maximum absolute atomic E-state index is 12.8. The van der Waals surface area contributed by atoms with Crippen molar-refractivity contribution in [2.24, 2.45) is 7.05 Å². The summed E-state index contributed by atoms with van der Waals surface area (Å²) in [5, 5.41) is -0.578. The minimum atomic E-state index is -0.578. The molecule has 5 nitrogen and oxygen atoms in total. The van der Waals surface area contributed by atoms with Gasteiger partial charge in [0.1, 0.15) is 11.9 Å². The lowest BCUT2D eigenvalue weighted by Gasteiger charge is -2.28. The van der Waals surface area contributed by atoms with Gasteiger partial charge in [0.05, 0.1) is 6.54 Å². The van der Waals surface area contributed by atoms with E-state index in [9.17, 15) is 9.59 Å². The van der Waals surface area contributed by atoms with Crippen molar-refractivity contribution >= 4 is 23.4 Å². The number of aryl methyl sites for hydroxylation is 1. The van der Waals surface area contributed by atoms with E-state index in [2.05, 4.69) is 0 Å². The van der Waals surface area contributed by atoms with Crippen molar-refractivity contribution in [1.82, 2.24) is 14.4 Å². The fraction of sp³-hybridized carbons (Fsp3) is 0.647. The van der Waals surface area contributed by atoms with Crippen LogP contribution in [-0.4, -0.2) is 50.2 Å². The molecule has 2 amide bonds. The van der Waals surface area contributed by atoms with E-state index in [-0.39, 0.29) is 24.4 Å². The maximum Gasteiger partial charge on any atom is 0.242 e. The maximum atomic E-state index is 12.8. The van der Waals surface area contributed by atoms with E-state index < -0.39 is 5.38 Å². The lowest BCUT2D eigenvalue weighted by Crippen LogP contribution is -2.46. The normalized spacial score (nSPS) is 18.6. The number of aromatic nitrogens is 1. The van der Waals surface area contributed by atoms with E-state index in [0.717, 1.165) is 31.4 Å². The Morgan fingerprint density at radius 1 is 1.26 bits per heavy atom. The minimum absolute atomic E-state index is 0.0336. The monoisotopic (exact) mass is 337 g/mol. The van der Waals surface area contributed by atoms with Gasteiger partial charge in [-0.3, -0.25) is 9.59 Å². The van der Waals surface area contributed by atoms with Crippen LogP contribution in [0.25, 0.3) is 0 Å². The van der Waals surface area contributed by atoms with Crippen LogP contribution in [0.3, 0.4) is 0 Å². The molecule has 6 heteroatoms. The molecule has 0 spiro atoms. The van der Waals surface area contributed by atoms with Gasteiger partial charge in [-0.15, -0.1) is 11.6 Å². The number of hydrogen-bond acceptors (Lipinski definition) is 2. The van der Waals surface area contributed by atoms with Gasteiger partial charge in [0.25, 0.3) is 0 Å². The molecule has 3 rings (SSSR count). The van der Waals surface area contributed by atoms with Crippen LogP contribution < -0.4 is 0 Å². The number of carbonyl (C=O) groups is 2. The van der Waals surface area contributed by atoms with Crippen LogP contribution in [-0.2, 0) is 23.2 Å². The third-order valence-corrected chi connectivity index (χ3v) is 4.79. The zero-order chi connectivity index (χ0) is 16.6. The molecule has 0 radical (unpaired) electrons. The molecular weight excluding hydrogens is 314 g/mol. The topological polar surface area (TPSA) is 45.6 Å². The molecule has 1 aromatic heterocycles. The first-order chi connectivity index (χ1) is 11.0. The summed E-state index contributed by atoms with van der Waals surface area (Å²) in [5.74, 6) is -0.0941. The highest BCUT2D eigenvalue weighted by Gasteiger charge is 2.39. The van der Waals surface area contributed by atoms with Crippen molar-refractivity contribution in [3.05, 3.63) is 24.0 Å². The first kappa shape index (κ1) is 16.4. The fourth-order valence-electron chi connectivity index (χ4n) is 2.88. The smallest absolute Gasteiger partial charge is 0.242 e. The number of nitrogens with zero attached hydrogens (tertiary/aromatic N) is 3. The third kappa shape index (κ3) is 3.89. The van der Waals surface area contributed by atoms with Crippen LogP contribution in [0.4, 0.5) is 0 Å². The van der Waals surface area contributed by atoms with Crippen molar-refractivity contribution in [2.45, 2.75) is 56.6 Å². The average molecular weight is 338 g/mol. The van der Waals surface area contributed by atoms with Crippen LogP contribution in [0.15, 0.2) is 18.3 Å². The second kappa shape index (κ2) is 6.56. The Labute approximate surface area is 142 Å². The summed E-state index contributed by atoms with van der Waals surface area (Å²) < 4.78 is 2.04.